The highest BCUT2D eigenvalue weighted by atomic mass is 127. The van der Waals surface area contributed by atoms with Crippen LogP contribution < -0.4 is 5.46 Å². The van der Waals surface area contributed by atoms with Gasteiger partial charge >= 0.3 is 13.1 Å². The molecule has 1 fully saturated rings. The zero-order chi connectivity index (χ0) is 18.8. The number of halogens is 4. The lowest BCUT2D eigenvalue weighted by atomic mass is 9.79. The summed E-state index contributed by atoms with van der Waals surface area (Å²) < 4.78 is 44.9. The van der Waals surface area contributed by atoms with Crippen molar-refractivity contribution >= 4 is 41.1 Å². The van der Waals surface area contributed by atoms with Crippen LogP contribution in [-0.4, -0.2) is 54.7 Å². The minimum atomic E-state index is -5.00. The van der Waals surface area contributed by atoms with Crippen LogP contribution in [0.3, 0.4) is 0 Å². The maximum absolute atomic E-state index is 13.0. The quantitative estimate of drug-likeness (QED) is 0.503. The van der Waals surface area contributed by atoms with Crippen LogP contribution in [0.5, 0.6) is 0 Å². The van der Waals surface area contributed by atoms with Crippen LogP contribution in [0.25, 0.3) is 0 Å². The van der Waals surface area contributed by atoms with E-state index in [1.54, 1.807) is 11.0 Å². The molecule has 0 bridgehead atoms. The number of amides is 1. The van der Waals surface area contributed by atoms with E-state index in [-0.39, 0.29) is 6.09 Å². The minimum absolute atomic E-state index is 0.344. The van der Waals surface area contributed by atoms with Gasteiger partial charge in [-0.15, -0.1) is 5.46 Å². The van der Waals surface area contributed by atoms with Gasteiger partial charge in [-0.1, -0.05) is 12.1 Å². The van der Waals surface area contributed by atoms with Crippen molar-refractivity contribution < 1.29 is 22.5 Å². The lowest BCUT2D eigenvalue weighted by Crippen LogP contribution is -2.49. The lowest BCUT2D eigenvalue weighted by Gasteiger charge is -2.35. The van der Waals surface area contributed by atoms with Gasteiger partial charge in [0.25, 0.3) is 0 Å². The summed E-state index contributed by atoms with van der Waals surface area (Å²) in [5, 5.41) is 0. The van der Waals surface area contributed by atoms with Gasteiger partial charge in [-0.3, -0.25) is 4.90 Å². The lowest BCUT2D eigenvalue weighted by molar-refractivity contribution is 0.0139. The number of carbonyl (C=O) groups excluding carboxylic acids is 1. The first kappa shape index (κ1) is 20.3. The Hall–Kier alpha value is -0.965. The fraction of sp³-hybridized carbons (Fsp3) is 0.562. The Morgan fingerprint density at radius 3 is 2.28 bits per heavy atom. The largest absolute Gasteiger partial charge is 0.509 e. The number of rotatable bonds is 3. The summed E-state index contributed by atoms with van der Waals surface area (Å²) in [7, 11) is 0. The molecule has 1 amide bonds. The van der Waals surface area contributed by atoms with Gasteiger partial charge in [-0.05, 0) is 55.0 Å². The molecule has 0 unspecified atom stereocenters. The molecular formula is C16H22BF3IN2O2-. The topological polar surface area (TPSA) is 32.8 Å². The van der Waals surface area contributed by atoms with Gasteiger partial charge in [-0.25, -0.2) is 4.79 Å². The van der Waals surface area contributed by atoms with E-state index in [1.807, 2.05) is 43.4 Å². The highest BCUT2D eigenvalue weighted by Crippen LogP contribution is 2.17. The molecule has 9 heteroatoms. The van der Waals surface area contributed by atoms with E-state index in [1.165, 1.54) is 12.1 Å². The molecule has 1 saturated heterocycles. The minimum Gasteiger partial charge on any atom is -0.445 e. The maximum Gasteiger partial charge on any atom is 0.509 e. The molecule has 0 atom stereocenters. The first-order chi connectivity index (χ1) is 11.4. The molecule has 140 valence electrons. The molecule has 25 heavy (non-hydrogen) atoms. The highest BCUT2D eigenvalue weighted by molar-refractivity contribution is 14.1. The number of carbonyl (C=O) groups is 1. The van der Waals surface area contributed by atoms with Crippen LogP contribution in [0.4, 0.5) is 17.7 Å². The molecule has 1 aliphatic heterocycles. The van der Waals surface area contributed by atoms with Gasteiger partial charge in [0.15, 0.2) is 0 Å². The Balaban J connectivity index is 1.94. The number of hydrogen-bond acceptors (Lipinski definition) is 3. The van der Waals surface area contributed by atoms with Crippen molar-refractivity contribution in [3.05, 3.63) is 27.3 Å². The first-order valence-corrected chi connectivity index (χ1v) is 9.21. The Kier molecular flexibility index (Phi) is 6.29. The van der Waals surface area contributed by atoms with E-state index < -0.39 is 18.0 Å². The standard InChI is InChI=1S/C16H22BF3IN2O2/c1-16(2,3)25-15(24)23-6-4-22(5-7-23)11-12-8-13(17(18,19)20)10-14(21)9-12/h8-10H,4-7,11H2,1-3H3/q-1. The van der Waals surface area contributed by atoms with E-state index in [0.717, 1.165) is 0 Å². The van der Waals surface area contributed by atoms with Gasteiger partial charge in [0.1, 0.15) is 5.60 Å². The van der Waals surface area contributed by atoms with Crippen molar-refractivity contribution in [3.63, 3.8) is 0 Å². The van der Waals surface area contributed by atoms with E-state index >= 15 is 0 Å². The summed E-state index contributed by atoms with van der Waals surface area (Å²) in [6, 6.07) is 4.17. The van der Waals surface area contributed by atoms with Crippen molar-refractivity contribution in [2.24, 2.45) is 0 Å². The molecule has 0 radical (unpaired) electrons. The molecule has 2 rings (SSSR count). The number of benzene rings is 1. The summed E-state index contributed by atoms with van der Waals surface area (Å²) in [6.07, 6.45) is -0.344. The van der Waals surface area contributed by atoms with Crippen LogP contribution in [0.15, 0.2) is 18.2 Å². The first-order valence-electron chi connectivity index (χ1n) is 8.14. The average Bonchev–Trinajstić information content (AvgIpc) is 2.44. The smallest absolute Gasteiger partial charge is 0.445 e. The second kappa shape index (κ2) is 7.73. The molecule has 1 heterocycles. The molecule has 0 aromatic heterocycles. The van der Waals surface area contributed by atoms with Crippen LogP contribution in [0, 0.1) is 3.57 Å². The summed E-state index contributed by atoms with van der Waals surface area (Å²) in [5.41, 5.74) is -0.453. The number of nitrogens with zero attached hydrogens (tertiary/aromatic N) is 2. The van der Waals surface area contributed by atoms with Gasteiger partial charge < -0.3 is 22.6 Å². The molecule has 0 N–H and O–H groups in total. The van der Waals surface area contributed by atoms with Crippen molar-refractivity contribution in [2.75, 3.05) is 26.2 Å². The zero-order valence-electron chi connectivity index (χ0n) is 14.6. The summed E-state index contributed by atoms with van der Waals surface area (Å²) in [6.45, 7) is 3.13. The van der Waals surface area contributed by atoms with Gasteiger partial charge in [-0.2, -0.15) is 0 Å². The third-order valence-electron chi connectivity index (χ3n) is 3.79. The molecule has 0 spiro atoms. The van der Waals surface area contributed by atoms with E-state index in [9.17, 15) is 17.7 Å². The van der Waals surface area contributed by atoms with E-state index in [4.69, 9.17) is 4.74 Å². The Bertz CT molecular complexity index is 627. The third kappa shape index (κ3) is 6.36. The van der Waals surface area contributed by atoms with Crippen molar-refractivity contribution in [1.82, 2.24) is 9.80 Å². The summed E-state index contributed by atoms with van der Waals surface area (Å²) in [4.78, 5) is 15.7. The predicted octanol–water partition coefficient (Wildman–Crippen LogP) is 3.40. The summed E-state index contributed by atoms with van der Waals surface area (Å²) in [5.74, 6) is 0. The maximum atomic E-state index is 13.0. The average molecular weight is 469 g/mol. The Labute approximate surface area is 159 Å². The van der Waals surface area contributed by atoms with E-state index in [2.05, 4.69) is 4.90 Å². The fourth-order valence-electron chi connectivity index (χ4n) is 2.63. The van der Waals surface area contributed by atoms with Crippen LogP contribution >= 0.6 is 22.6 Å². The molecule has 0 aliphatic carbocycles. The second-order valence-electron chi connectivity index (χ2n) is 7.21. The van der Waals surface area contributed by atoms with Gasteiger partial charge in [0, 0.05) is 36.3 Å². The predicted molar refractivity (Wildman–Crippen MR) is 101 cm³/mol. The zero-order valence-corrected chi connectivity index (χ0v) is 16.7. The van der Waals surface area contributed by atoms with Crippen molar-refractivity contribution in [3.8, 4) is 0 Å². The number of ether oxygens (including phenoxy) is 1. The Morgan fingerprint density at radius 2 is 1.76 bits per heavy atom. The van der Waals surface area contributed by atoms with Crippen LogP contribution in [0.1, 0.15) is 26.3 Å². The van der Waals surface area contributed by atoms with Crippen molar-refractivity contribution in [1.29, 1.82) is 0 Å². The van der Waals surface area contributed by atoms with Gasteiger partial charge in [0.2, 0.25) is 0 Å². The molecule has 1 aromatic carbocycles. The van der Waals surface area contributed by atoms with E-state index in [0.29, 0.717) is 41.9 Å². The number of hydrogen-bond donors (Lipinski definition) is 0. The van der Waals surface area contributed by atoms with Crippen molar-refractivity contribution in [2.45, 2.75) is 32.9 Å². The third-order valence-corrected chi connectivity index (χ3v) is 4.41. The summed E-state index contributed by atoms with van der Waals surface area (Å²) >= 11 is 1.91. The Morgan fingerprint density at radius 1 is 1.16 bits per heavy atom. The normalized spacial score (nSPS) is 16.8. The monoisotopic (exact) mass is 469 g/mol. The molecule has 1 aromatic rings. The van der Waals surface area contributed by atoms with Crippen LogP contribution in [0.2, 0.25) is 0 Å². The molecule has 0 saturated carbocycles. The molecular weight excluding hydrogens is 447 g/mol. The van der Waals surface area contributed by atoms with Gasteiger partial charge in [0.05, 0.1) is 0 Å². The number of piperazine rings is 1. The SMILES string of the molecule is CC(C)(C)OC(=O)N1CCN(Cc2cc(I)cc([B-](F)(F)F)c2)CC1. The highest BCUT2D eigenvalue weighted by Gasteiger charge is 2.28. The fourth-order valence-corrected chi connectivity index (χ4v) is 3.39. The van der Waals surface area contributed by atoms with Crippen LogP contribution in [-0.2, 0) is 11.3 Å². The molecule has 1 aliphatic rings. The molecule has 4 nitrogen and oxygen atoms in total. The second-order valence-corrected chi connectivity index (χ2v) is 8.46.